The smallest absolute Gasteiger partial charge is 0.309 e. The fourth-order valence-electron chi connectivity index (χ4n) is 4.73. The van der Waals surface area contributed by atoms with Gasteiger partial charge in [0.15, 0.2) is 0 Å². The van der Waals surface area contributed by atoms with E-state index in [-0.39, 0.29) is 11.9 Å². The number of rotatable bonds is 1. The van der Waals surface area contributed by atoms with E-state index < -0.39 is 0 Å². The first-order valence-corrected chi connectivity index (χ1v) is 10.0. The minimum Gasteiger partial charge on any atom is -0.469 e. The molecule has 1 aromatic heterocycles. The molecular formula is C21H33NO2. The van der Waals surface area contributed by atoms with Gasteiger partial charge in [0.05, 0.1) is 13.0 Å². The first kappa shape index (κ1) is 17.6. The highest BCUT2D eigenvalue weighted by atomic mass is 16.5. The molecule has 3 nitrogen and oxygen atoms in total. The number of aromatic nitrogens is 1. The fraction of sp³-hybridized carbons (Fsp3) is 0.762. The van der Waals surface area contributed by atoms with Gasteiger partial charge in [-0.05, 0) is 49.7 Å². The Labute approximate surface area is 146 Å². The van der Waals surface area contributed by atoms with Gasteiger partial charge in [0, 0.05) is 18.4 Å². The average Bonchev–Trinajstić information content (AvgIpc) is 3.22. The van der Waals surface area contributed by atoms with Gasteiger partial charge < -0.3 is 9.30 Å². The number of ether oxygens (including phenoxy) is 1. The Hall–Kier alpha value is -1.25. The molecule has 0 N–H and O–H groups in total. The number of esters is 1. The Balaban J connectivity index is 1.70. The Kier molecular flexibility index (Phi) is 6.39. The lowest BCUT2D eigenvalue weighted by Gasteiger charge is -2.16. The van der Waals surface area contributed by atoms with Gasteiger partial charge in [-0.2, -0.15) is 0 Å². The van der Waals surface area contributed by atoms with Crippen LogP contribution in [0.4, 0.5) is 0 Å². The van der Waals surface area contributed by atoms with Gasteiger partial charge in [-0.15, -0.1) is 0 Å². The zero-order valence-electron chi connectivity index (χ0n) is 15.2. The number of methoxy groups -OCH3 is 1. The van der Waals surface area contributed by atoms with Crippen molar-refractivity contribution < 1.29 is 9.53 Å². The molecule has 4 bridgehead atoms. The highest BCUT2D eigenvalue weighted by molar-refractivity contribution is 5.73. The number of fused-ring (bicyclic) bond motifs is 5. The average molecular weight is 331 g/mol. The summed E-state index contributed by atoms with van der Waals surface area (Å²) in [5.41, 5.74) is 1.46. The number of carbonyl (C=O) groups excluding carboxylic acids is 1. The maximum absolute atomic E-state index is 12.2. The second kappa shape index (κ2) is 8.73. The van der Waals surface area contributed by atoms with E-state index in [0.29, 0.717) is 12.0 Å². The number of hydrogen-bond acceptors (Lipinski definition) is 2. The van der Waals surface area contributed by atoms with Crippen LogP contribution in [0.5, 0.6) is 0 Å². The van der Waals surface area contributed by atoms with E-state index in [0.717, 1.165) is 12.8 Å². The first-order valence-electron chi connectivity index (χ1n) is 10.0. The standard InChI is InChI=1S/C21H33NO2/c1-24-21(23)20-15-19-14-18(20)11-9-7-5-3-2-4-6-8-10-17-12-13-22(19)16-17/h12-13,16,18-20H,2-11,14-15H2,1H3. The maximum atomic E-state index is 12.2. The van der Waals surface area contributed by atoms with Gasteiger partial charge in [0.1, 0.15) is 0 Å². The summed E-state index contributed by atoms with van der Waals surface area (Å²) in [6, 6.07) is 2.75. The van der Waals surface area contributed by atoms with Crippen molar-refractivity contribution in [3.8, 4) is 0 Å². The summed E-state index contributed by atoms with van der Waals surface area (Å²) in [5, 5.41) is 0. The Morgan fingerprint density at radius 2 is 1.75 bits per heavy atom. The van der Waals surface area contributed by atoms with Gasteiger partial charge in [-0.25, -0.2) is 0 Å². The highest BCUT2D eigenvalue weighted by Crippen LogP contribution is 2.43. The topological polar surface area (TPSA) is 31.2 Å². The van der Waals surface area contributed by atoms with Crippen molar-refractivity contribution in [2.45, 2.75) is 83.1 Å². The molecule has 24 heavy (non-hydrogen) atoms. The van der Waals surface area contributed by atoms with Crippen molar-refractivity contribution in [1.82, 2.24) is 4.57 Å². The zero-order valence-corrected chi connectivity index (χ0v) is 15.2. The van der Waals surface area contributed by atoms with E-state index in [2.05, 4.69) is 23.0 Å². The van der Waals surface area contributed by atoms with Crippen molar-refractivity contribution in [1.29, 1.82) is 0 Å². The Bertz CT molecular complexity index is 522. The monoisotopic (exact) mass is 331 g/mol. The minimum atomic E-state index is 0.00722. The van der Waals surface area contributed by atoms with E-state index in [1.807, 2.05) is 0 Å². The summed E-state index contributed by atoms with van der Waals surface area (Å²) in [6.45, 7) is 0. The van der Waals surface area contributed by atoms with E-state index in [1.54, 1.807) is 0 Å². The second-order valence-corrected chi connectivity index (χ2v) is 7.85. The molecule has 2 heterocycles. The molecule has 1 saturated carbocycles. The number of aryl methyl sites for hydroxylation is 1. The van der Waals surface area contributed by atoms with Crippen LogP contribution >= 0.6 is 0 Å². The summed E-state index contributed by atoms with van der Waals surface area (Å²) < 4.78 is 7.47. The summed E-state index contributed by atoms with van der Waals surface area (Å²) in [5.74, 6) is 0.607. The normalized spacial score (nSPS) is 29.3. The molecule has 1 fully saturated rings. The minimum absolute atomic E-state index is 0.00722. The molecule has 2 aliphatic rings. The summed E-state index contributed by atoms with van der Waals surface area (Å²) >= 11 is 0. The molecule has 3 unspecified atom stereocenters. The van der Waals surface area contributed by atoms with Gasteiger partial charge in [0.25, 0.3) is 0 Å². The SMILES string of the molecule is COC(=O)C1CC2CC1CCCCCCCCCCc1ccn2c1. The van der Waals surface area contributed by atoms with Crippen LogP contribution in [0, 0.1) is 11.8 Å². The largest absolute Gasteiger partial charge is 0.469 e. The van der Waals surface area contributed by atoms with Crippen LogP contribution < -0.4 is 0 Å². The van der Waals surface area contributed by atoms with Crippen LogP contribution in [0.1, 0.15) is 82.2 Å². The van der Waals surface area contributed by atoms with Gasteiger partial charge >= 0.3 is 5.97 Å². The van der Waals surface area contributed by atoms with E-state index >= 15 is 0 Å². The highest BCUT2D eigenvalue weighted by Gasteiger charge is 2.39. The molecule has 1 aliphatic carbocycles. The van der Waals surface area contributed by atoms with Crippen LogP contribution in [0.3, 0.4) is 0 Å². The second-order valence-electron chi connectivity index (χ2n) is 7.85. The van der Waals surface area contributed by atoms with Crippen molar-refractivity contribution >= 4 is 5.97 Å². The van der Waals surface area contributed by atoms with E-state index in [9.17, 15) is 4.79 Å². The summed E-state index contributed by atoms with van der Waals surface area (Å²) in [6.07, 6.45) is 19.8. The van der Waals surface area contributed by atoms with E-state index in [1.165, 1.54) is 76.9 Å². The molecule has 3 rings (SSSR count). The maximum Gasteiger partial charge on any atom is 0.309 e. The lowest BCUT2D eigenvalue weighted by atomic mass is 9.90. The molecule has 0 aromatic carbocycles. The molecule has 0 radical (unpaired) electrons. The van der Waals surface area contributed by atoms with Crippen molar-refractivity contribution in [2.75, 3.05) is 7.11 Å². The third kappa shape index (κ3) is 4.43. The van der Waals surface area contributed by atoms with Crippen LogP contribution in [0.15, 0.2) is 18.5 Å². The summed E-state index contributed by atoms with van der Waals surface area (Å²) in [4.78, 5) is 12.2. The Morgan fingerprint density at radius 3 is 2.50 bits per heavy atom. The predicted molar refractivity (Wildman–Crippen MR) is 97.0 cm³/mol. The summed E-state index contributed by atoms with van der Waals surface area (Å²) in [7, 11) is 1.54. The van der Waals surface area contributed by atoms with Gasteiger partial charge in [0.2, 0.25) is 0 Å². The third-order valence-corrected chi connectivity index (χ3v) is 6.16. The van der Waals surface area contributed by atoms with Crippen molar-refractivity contribution in [3.63, 3.8) is 0 Å². The van der Waals surface area contributed by atoms with E-state index in [4.69, 9.17) is 4.74 Å². The molecule has 134 valence electrons. The van der Waals surface area contributed by atoms with Crippen LogP contribution in [0.2, 0.25) is 0 Å². The van der Waals surface area contributed by atoms with Crippen LogP contribution in [-0.4, -0.2) is 17.6 Å². The third-order valence-electron chi connectivity index (χ3n) is 6.16. The molecule has 3 atom stereocenters. The lowest BCUT2D eigenvalue weighted by Crippen LogP contribution is -2.20. The number of nitrogens with zero attached hydrogens (tertiary/aromatic N) is 1. The Morgan fingerprint density at radius 1 is 1.04 bits per heavy atom. The molecule has 0 saturated heterocycles. The van der Waals surface area contributed by atoms with Crippen LogP contribution in [-0.2, 0) is 16.0 Å². The predicted octanol–water partition coefficient (Wildman–Crippen LogP) is 5.30. The molecular weight excluding hydrogens is 298 g/mol. The quantitative estimate of drug-likeness (QED) is 0.654. The molecule has 0 amide bonds. The van der Waals surface area contributed by atoms with Crippen molar-refractivity contribution in [3.05, 3.63) is 24.0 Å². The lowest BCUT2D eigenvalue weighted by molar-refractivity contribution is -0.146. The fourth-order valence-corrected chi connectivity index (χ4v) is 4.73. The number of hydrogen-bond donors (Lipinski definition) is 0. The number of carbonyl (C=O) groups is 1. The van der Waals surface area contributed by atoms with Gasteiger partial charge in [-0.1, -0.05) is 44.9 Å². The molecule has 0 spiro atoms. The molecule has 3 heteroatoms. The van der Waals surface area contributed by atoms with Crippen LogP contribution in [0.25, 0.3) is 0 Å². The van der Waals surface area contributed by atoms with Gasteiger partial charge in [-0.3, -0.25) is 4.79 Å². The first-order chi connectivity index (χ1) is 11.8. The molecule has 1 aliphatic heterocycles. The molecule has 1 aromatic rings. The van der Waals surface area contributed by atoms with Crippen molar-refractivity contribution in [2.24, 2.45) is 11.8 Å². The zero-order chi connectivity index (χ0) is 16.8.